The first-order valence-electron chi connectivity index (χ1n) is 7.77. The molecule has 1 N–H and O–H groups in total. The maximum Gasteiger partial charge on any atom is 0.0739 e. The van der Waals surface area contributed by atoms with E-state index < -0.39 is 0 Å². The standard InChI is InChI=1S/C15H25BrN4/c1-11-15(16)14(19(2)18-11)10-20-7-3-4-12(9-20)8-17-13-5-6-13/h12-13,17H,3-10H2,1-2H3. The van der Waals surface area contributed by atoms with Gasteiger partial charge in [-0.3, -0.25) is 9.58 Å². The maximum atomic E-state index is 4.49. The van der Waals surface area contributed by atoms with Crippen LogP contribution in [0.2, 0.25) is 0 Å². The molecule has 2 aliphatic rings. The molecule has 1 aliphatic carbocycles. The molecular weight excluding hydrogens is 316 g/mol. The topological polar surface area (TPSA) is 33.1 Å². The zero-order chi connectivity index (χ0) is 14.1. The van der Waals surface area contributed by atoms with Gasteiger partial charge < -0.3 is 5.32 Å². The van der Waals surface area contributed by atoms with Gasteiger partial charge in [-0.2, -0.15) is 5.10 Å². The van der Waals surface area contributed by atoms with Crippen molar-refractivity contribution < 1.29 is 0 Å². The molecule has 4 nitrogen and oxygen atoms in total. The Balaban J connectivity index is 1.56. The van der Waals surface area contributed by atoms with E-state index in [4.69, 9.17) is 0 Å². The Morgan fingerprint density at radius 3 is 2.80 bits per heavy atom. The van der Waals surface area contributed by atoms with Crippen molar-refractivity contribution in [3.05, 3.63) is 15.9 Å². The number of nitrogens with zero attached hydrogens (tertiary/aromatic N) is 3. The van der Waals surface area contributed by atoms with Crippen LogP contribution in [0.3, 0.4) is 0 Å². The third-order valence-corrected chi connectivity index (χ3v) is 5.54. The number of likely N-dealkylation sites (tertiary alicyclic amines) is 1. The summed E-state index contributed by atoms with van der Waals surface area (Å²) in [4.78, 5) is 2.59. The summed E-state index contributed by atoms with van der Waals surface area (Å²) < 4.78 is 3.20. The van der Waals surface area contributed by atoms with Crippen molar-refractivity contribution in [3.63, 3.8) is 0 Å². The summed E-state index contributed by atoms with van der Waals surface area (Å²) in [7, 11) is 2.04. The molecule has 1 aromatic heterocycles. The van der Waals surface area contributed by atoms with Crippen molar-refractivity contribution in [1.29, 1.82) is 0 Å². The predicted molar refractivity (Wildman–Crippen MR) is 84.7 cm³/mol. The molecule has 1 aliphatic heterocycles. The average molecular weight is 341 g/mol. The minimum Gasteiger partial charge on any atom is -0.314 e. The minimum atomic E-state index is 0.817. The van der Waals surface area contributed by atoms with Gasteiger partial charge in [0.15, 0.2) is 0 Å². The molecule has 112 valence electrons. The van der Waals surface area contributed by atoms with Gasteiger partial charge in [-0.1, -0.05) is 0 Å². The van der Waals surface area contributed by atoms with Crippen LogP contribution < -0.4 is 5.32 Å². The van der Waals surface area contributed by atoms with Crippen LogP contribution >= 0.6 is 15.9 Å². The number of hydrogen-bond donors (Lipinski definition) is 1. The molecule has 2 heterocycles. The van der Waals surface area contributed by atoms with Gasteiger partial charge in [0.25, 0.3) is 0 Å². The lowest BCUT2D eigenvalue weighted by molar-refractivity contribution is 0.161. The highest BCUT2D eigenvalue weighted by atomic mass is 79.9. The van der Waals surface area contributed by atoms with Gasteiger partial charge in [0.05, 0.1) is 15.9 Å². The molecule has 0 radical (unpaired) electrons. The van der Waals surface area contributed by atoms with E-state index in [9.17, 15) is 0 Å². The molecule has 0 amide bonds. The van der Waals surface area contributed by atoms with Gasteiger partial charge in [0, 0.05) is 26.2 Å². The summed E-state index contributed by atoms with van der Waals surface area (Å²) in [6.45, 7) is 6.71. The molecule has 2 fully saturated rings. The Labute approximate surface area is 130 Å². The smallest absolute Gasteiger partial charge is 0.0739 e. The van der Waals surface area contributed by atoms with Crippen LogP contribution in [0.4, 0.5) is 0 Å². The van der Waals surface area contributed by atoms with E-state index in [1.165, 1.54) is 55.5 Å². The number of piperidine rings is 1. The van der Waals surface area contributed by atoms with E-state index in [0.717, 1.165) is 24.2 Å². The molecule has 1 atom stereocenters. The summed E-state index contributed by atoms with van der Waals surface area (Å²) in [5.74, 6) is 0.817. The Morgan fingerprint density at radius 1 is 1.35 bits per heavy atom. The Bertz CT molecular complexity index is 467. The fourth-order valence-corrected chi connectivity index (χ4v) is 3.61. The molecule has 0 spiro atoms. The number of halogens is 1. The van der Waals surface area contributed by atoms with Crippen molar-refractivity contribution >= 4 is 15.9 Å². The number of rotatable bonds is 5. The van der Waals surface area contributed by atoms with Crippen LogP contribution in [0.1, 0.15) is 37.1 Å². The van der Waals surface area contributed by atoms with Crippen LogP contribution in [-0.4, -0.2) is 40.4 Å². The average Bonchev–Trinajstić information content (AvgIpc) is 3.22. The first-order valence-corrected chi connectivity index (χ1v) is 8.56. The molecule has 1 saturated heterocycles. The number of aryl methyl sites for hydroxylation is 2. The van der Waals surface area contributed by atoms with Gasteiger partial charge in [-0.15, -0.1) is 0 Å². The predicted octanol–water partition coefficient (Wildman–Crippen LogP) is 2.46. The molecule has 0 bridgehead atoms. The van der Waals surface area contributed by atoms with Crippen LogP contribution in [-0.2, 0) is 13.6 Å². The van der Waals surface area contributed by atoms with Crippen molar-refractivity contribution in [3.8, 4) is 0 Å². The maximum absolute atomic E-state index is 4.49. The first-order chi connectivity index (χ1) is 9.63. The van der Waals surface area contributed by atoms with Crippen LogP contribution in [0, 0.1) is 12.8 Å². The zero-order valence-corrected chi connectivity index (χ0v) is 14.1. The highest BCUT2D eigenvalue weighted by Crippen LogP contribution is 2.25. The van der Waals surface area contributed by atoms with Crippen molar-refractivity contribution in [2.24, 2.45) is 13.0 Å². The lowest BCUT2D eigenvalue weighted by Crippen LogP contribution is -2.40. The summed E-state index contributed by atoms with van der Waals surface area (Å²) in [5.41, 5.74) is 2.39. The third kappa shape index (κ3) is 3.43. The quantitative estimate of drug-likeness (QED) is 0.893. The number of nitrogens with one attached hydrogen (secondary N) is 1. The number of hydrogen-bond acceptors (Lipinski definition) is 3. The normalized spacial score (nSPS) is 24.2. The molecule has 1 saturated carbocycles. The SMILES string of the molecule is Cc1nn(C)c(CN2CCCC(CNC3CC3)C2)c1Br. The largest absolute Gasteiger partial charge is 0.314 e. The second-order valence-corrected chi connectivity index (χ2v) is 7.19. The monoisotopic (exact) mass is 340 g/mol. The molecule has 3 rings (SSSR count). The van der Waals surface area contributed by atoms with E-state index in [1.54, 1.807) is 0 Å². The van der Waals surface area contributed by atoms with Crippen LogP contribution in [0.15, 0.2) is 4.47 Å². The molecule has 1 unspecified atom stereocenters. The summed E-state index contributed by atoms with van der Waals surface area (Å²) in [6, 6.07) is 0.833. The molecule has 0 aromatic carbocycles. The highest BCUT2D eigenvalue weighted by molar-refractivity contribution is 9.10. The van der Waals surface area contributed by atoms with Gasteiger partial charge in [-0.05, 0) is 67.5 Å². The second-order valence-electron chi connectivity index (χ2n) is 6.40. The first kappa shape index (κ1) is 14.5. The molecule has 5 heteroatoms. The van der Waals surface area contributed by atoms with Gasteiger partial charge >= 0.3 is 0 Å². The van der Waals surface area contributed by atoms with Gasteiger partial charge in [0.2, 0.25) is 0 Å². The van der Waals surface area contributed by atoms with E-state index in [-0.39, 0.29) is 0 Å². The van der Waals surface area contributed by atoms with Crippen molar-refractivity contribution in [1.82, 2.24) is 20.0 Å². The highest BCUT2D eigenvalue weighted by Gasteiger charge is 2.25. The summed E-state index contributed by atoms with van der Waals surface area (Å²) in [5, 5.41) is 8.18. The van der Waals surface area contributed by atoms with Crippen molar-refractivity contribution in [2.45, 2.75) is 45.2 Å². The minimum absolute atomic E-state index is 0.817. The van der Waals surface area contributed by atoms with Crippen LogP contribution in [0.25, 0.3) is 0 Å². The fourth-order valence-electron chi connectivity index (χ4n) is 3.15. The van der Waals surface area contributed by atoms with Crippen molar-refractivity contribution in [2.75, 3.05) is 19.6 Å². The van der Waals surface area contributed by atoms with E-state index in [1.807, 2.05) is 11.7 Å². The summed E-state index contributed by atoms with van der Waals surface area (Å²) >= 11 is 3.68. The Kier molecular flexibility index (Phi) is 4.48. The molecule has 20 heavy (non-hydrogen) atoms. The lowest BCUT2D eigenvalue weighted by Gasteiger charge is -2.33. The van der Waals surface area contributed by atoms with E-state index >= 15 is 0 Å². The lowest BCUT2D eigenvalue weighted by atomic mass is 9.98. The van der Waals surface area contributed by atoms with Gasteiger partial charge in [0.1, 0.15) is 0 Å². The Hall–Kier alpha value is -0.390. The summed E-state index contributed by atoms with van der Waals surface area (Å²) in [6.07, 6.45) is 5.47. The van der Waals surface area contributed by atoms with E-state index in [2.05, 4.69) is 38.2 Å². The van der Waals surface area contributed by atoms with Gasteiger partial charge in [-0.25, -0.2) is 0 Å². The third-order valence-electron chi connectivity index (χ3n) is 4.51. The fraction of sp³-hybridized carbons (Fsp3) is 0.800. The van der Waals surface area contributed by atoms with Crippen LogP contribution in [0.5, 0.6) is 0 Å². The second kappa shape index (κ2) is 6.16. The van der Waals surface area contributed by atoms with E-state index in [0.29, 0.717) is 0 Å². The number of aromatic nitrogens is 2. The molecular formula is C15H25BrN4. The molecule has 1 aromatic rings. The zero-order valence-electron chi connectivity index (χ0n) is 12.5. The Morgan fingerprint density at radius 2 is 2.15 bits per heavy atom.